The number of nitriles is 1. The van der Waals surface area contributed by atoms with Gasteiger partial charge in [0, 0.05) is 12.1 Å². The second-order valence-electron chi connectivity index (χ2n) is 7.03. The second-order valence-corrected chi connectivity index (χ2v) is 7.03. The molecule has 2 rings (SSSR count). The fourth-order valence-electron chi connectivity index (χ4n) is 3.72. The van der Waals surface area contributed by atoms with Gasteiger partial charge in [0.25, 0.3) is 0 Å². The third kappa shape index (κ3) is 3.34. The van der Waals surface area contributed by atoms with Gasteiger partial charge in [-0.15, -0.1) is 0 Å². The molecule has 0 radical (unpaired) electrons. The van der Waals surface area contributed by atoms with Crippen LogP contribution in [0, 0.1) is 16.7 Å². The summed E-state index contributed by atoms with van der Waals surface area (Å²) in [6.07, 6.45) is 12.0. The van der Waals surface area contributed by atoms with Crippen LogP contribution in [0.15, 0.2) is 0 Å². The Morgan fingerprint density at radius 2 is 1.35 bits per heavy atom. The van der Waals surface area contributed by atoms with Gasteiger partial charge >= 0.3 is 0 Å². The molecule has 3 nitrogen and oxygen atoms in total. The molecule has 2 fully saturated rings. The van der Waals surface area contributed by atoms with E-state index in [9.17, 15) is 10.1 Å². The van der Waals surface area contributed by atoms with E-state index in [0.29, 0.717) is 12.1 Å². The molecule has 1 amide bonds. The molecule has 3 heteroatoms. The Kier molecular flexibility index (Phi) is 5.07. The lowest BCUT2D eigenvalue weighted by atomic mass is 9.85. The predicted molar refractivity (Wildman–Crippen MR) is 80.0 cm³/mol. The molecular weight excluding hydrogens is 248 g/mol. The van der Waals surface area contributed by atoms with Gasteiger partial charge in [-0.3, -0.25) is 4.79 Å². The van der Waals surface area contributed by atoms with Gasteiger partial charge in [0.2, 0.25) is 5.91 Å². The zero-order chi connectivity index (χ0) is 14.6. The van der Waals surface area contributed by atoms with Crippen molar-refractivity contribution in [2.24, 2.45) is 5.41 Å². The van der Waals surface area contributed by atoms with Crippen molar-refractivity contribution >= 4 is 5.91 Å². The third-order valence-electron chi connectivity index (χ3n) is 4.98. The smallest absolute Gasteiger partial charge is 0.242 e. The molecule has 0 saturated heterocycles. The number of hydrogen-bond donors (Lipinski definition) is 0. The number of carbonyl (C=O) groups is 1. The van der Waals surface area contributed by atoms with E-state index in [1.54, 1.807) is 13.8 Å². The number of nitrogens with zero attached hydrogens (tertiary/aromatic N) is 2. The molecular formula is C17H28N2O. The molecule has 2 saturated carbocycles. The van der Waals surface area contributed by atoms with E-state index in [4.69, 9.17) is 0 Å². The summed E-state index contributed by atoms with van der Waals surface area (Å²) in [4.78, 5) is 15.0. The zero-order valence-electron chi connectivity index (χ0n) is 13.0. The quantitative estimate of drug-likeness (QED) is 0.781. The number of amides is 1. The van der Waals surface area contributed by atoms with Crippen LogP contribution in [0.3, 0.4) is 0 Å². The lowest BCUT2D eigenvalue weighted by Crippen LogP contribution is -2.52. The van der Waals surface area contributed by atoms with Gasteiger partial charge < -0.3 is 4.90 Å². The molecule has 0 atom stereocenters. The average Bonchev–Trinajstić information content (AvgIpc) is 2.49. The summed E-state index contributed by atoms with van der Waals surface area (Å²) in [5.74, 6) is 0.0683. The first-order valence-electron chi connectivity index (χ1n) is 8.30. The van der Waals surface area contributed by atoms with E-state index in [1.807, 2.05) is 0 Å². The monoisotopic (exact) mass is 276 g/mol. The van der Waals surface area contributed by atoms with E-state index in [1.165, 1.54) is 38.5 Å². The molecule has 20 heavy (non-hydrogen) atoms. The maximum absolute atomic E-state index is 12.9. The van der Waals surface area contributed by atoms with Crippen molar-refractivity contribution in [1.82, 2.24) is 4.90 Å². The lowest BCUT2D eigenvalue weighted by Gasteiger charge is -2.43. The number of hydrogen-bond acceptors (Lipinski definition) is 2. The maximum atomic E-state index is 12.9. The molecule has 0 aromatic carbocycles. The predicted octanol–water partition coefficient (Wildman–Crippen LogP) is 4.03. The molecule has 0 aromatic heterocycles. The third-order valence-corrected chi connectivity index (χ3v) is 4.98. The highest BCUT2D eigenvalue weighted by atomic mass is 16.2. The Labute approximate surface area is 123 Å². The molecule has 0 spiro atoms. The Balaban J connectivity index is 2.18. The van der Waals surface area contributed by atoms with Crippen LogP contribution in [-0.2, 0) is 4.79 Å². The van der Waals surface area contributed by atoms with Gasteiger partial charge in [0.15, 0.2) is 0 Å². The largest absolute Gasteiger partial charge is 0.335 e. The fraction of sp³-hybridized carbons (Fsp3) is 0.882. The van der Waals surface area contributed by atoms with Crippen molar-refractivity contribution in [3.05, 3.63) is 0 Å². The molecule has 0 aliphatic heterocycles. The van der Waals surface area contributed by atoms with Crippen molar-refractivity contribution in [3.63, 3.8) is 0 Å². The highest BCUT2D eigenvalue weighted by Gasteiger charge is 2.39. The van der Waals surface area contributed by atoms with E-state index >= 15 is 0 Å². The van der Waals surface area contributed by atoms with E-state index in [-0.39, 0.29) is 5.91 Å². The van der Waals surface area contributed by atoms with Crippen molar-refractivity contribution in [2.45, 2.75) is 90.1 Å². The second kappa shape index (κ2) is 6.61. The summed E-state index contributed by atoms with van der Waals surface area (Å²) in [5, 5.41) is 9.31. The Bertz CT molecular complexity index is 353. The van der Waals surface area contributed by atoms with Crippen molar-refractivity contribution in [2.75, 3.05) is 0 Å². The first-order valence-corrected chi connectivity index (χ1v) is 8.30. The van der Waals surface area contributed by atoms with Crippen LogP contribution in [-0.4, -0.2) is 22.9 Å². The first kappa shape index (κ1) is 15.4. The normalized spacial score (nSPS) is 22.2. The van der Waals surface area contributed by atoms with Gasteiger partial charge in [-0.25, -0.2) is 0 Å². The van der Waals surface area contributed by atoms with Gasteiger partial charge in [0.1, 0.15) is 5.41 Å². The van der Waals surface area contributed by atoms with Crippen molar-refractivity contribution in [1.29, 1.82) is 5.26 Å². The molecule has 2 aliphatic rings. The fourth-order valence-corrected chi connectivity index (χ4v) is 3.72. The summed E-state index contributed by atoms with van der Waals surface area (Å²) in [6.45, 7) is 3.54. The van der Waals surface area contributed by atoms with Crippen LogP contribution < -0.4 is 0 Å². The van der Waals surface area contributed by atoms with Gasteiger partial charge in [-0.2, -0.15) is 5.26 Å². The Morgan fingerprint density at radius 1 is 0.950 bits per heavy atom. The van der Waals surface area contributed by atoms with E-state index in [2.05, 4.69) is 11.0 Å². The Hall–Kier alpha value is -1.04. The Morgan fingerprint density at radius 3 is 1.70 bits per heavy atom. The molecule has 112 valence electrons. The van der Waals surface area contributed by atoms with Gasteiger partial charge in [-0.1, -0.05) is 38.5 Å². The number of carbonyl (C=O) groups excluding carboxylic acids is 1. The summed E-state index contributed by atoms with van der Waals surface area (Å²) < 4.78 is 0. The molecule has 2 aliphatic carbocycles. The minimum Gasteiger partial charge on any atom is -0.335 e. The standard InChI is InChI=1S/C17H28N2O/c1-17(2,13-18)16(20)19(14-9-5-3-6-10-14)15-11-7-4-8-12-15/h14-15H,3-12H2,1-2H3. The first-order chi connectivity index (χ1) is 9.56. The van der Waals surface area contributed by atoms with Crippen LogP contribution in [0.1, 0.15) is 78.1 Å². The summed E-state index contributed by atoms with van der Waals surface area (Å²) >= 11 is 0. The highest BCUT2D eigenvalue weighted by Crippen LogP contribution is 2.33. The van der Waals surface area contributed by atoms with Crippen LogP contribution in [0.5, 0.6) is 0 Å². The van der Waals surface area contributed by atoms with Crippen LogP contribution >= 0.6 is 0 Å². The minimum absolute atomic E-state index is 0.0683. The van der Waals surface area contributed by atoms with Crippen molar-refractivity contribution < 1.29 is 4.79 Å². The molecule has 0 bridgehead atoms. The van der Waals surface area contributed by atoms with Gasteiger partial charge in [-0.05, 0) is 39.5 Å². The number of rotatable bonds is 3. The summed E-state index contributed by atoms with van der Waals surface area (Å²) in [5.41, 5.74) is -0.880. The van der Waals surface area contributed by atoms with Crippen LogP contribution in [0.2, 0.25) is 0 Å². The topological polar surface area (TPSA) is 44.1 Å². The zero-order valence-corrected chi connectivity index (χ0v) is 13.0. The maximum Gasteiger partial charge on any atom is 0.242 e. The lowest BCUT2D eigenvalue weighted by molar-refractivity contribution is -0.144. The van der Waals surface area contributed by atoms with Crippen LogP contribution in [0.25, 0.3) is 0 Å². The van der Waals surface area contributed by atoms with Crippen molar-refractivity contribution in [3.8, 4) is 6.07 Å². The molecule has 0 heterocycles. The SMILES string of the molecule is CC(C)(C#N)C(=O)N(C1CCCCC1)C1CCCCC1. The minimum atomic E-state index is -0.880. The molecule has 0 unspecified atom stereocenters. The van der Waals surface area contributed by atoms with E-state index < -0.39 is 5.41 Å². The van der Waals surface area contributed by atoms with Gasteiger partial charge in [0.05, 0.1) is 6.07 Å². The van der Waals surface area contributed by atoms with Crippen LogP contribution in [0.4, 0.5) is 0 Å². The average molecular weight is 276 g/mol. The van der Waals surface area contributed by atoms with E-state index in [0.717, 1.165) is 25.7 Å². The highest BCUT2D eigenvalue weighted by molar-refractivity contribution is 5.85. The molecule has 0 N–H and O–H groups in total. The molecule has 0 aromatic rings. The summed E-state index contributed by atoms with van der Waals surface area (Å²) in [7, 11) is 0. The summed E-state index contributed by atoms with van der Waals surface area (Å²) in [6, 6.07) is 2.97.